The minimum Gasteiger partial charge on any atom is -0.342 e. The Morgan fingerprint density at radius 1 is 1.11 bits per heavy atom. The van der Waals surface area contributed by atoms with Gasteiger partial charge >= 0.3 is 6.18 Å². The van der Waals surface area contributed by atoms with E-state index in [9.17, 15) is 18.0 Å². The first kappa shape index (κ1) is 14.7. The molecule has 0 radical (unpaired) electrons. The van der Waals surface area contributed by atoms with E-state index in [2.05, 4.69) is 0 Å². The van der Waals surface area contributed by atoms with Gasteiger partial charge in [-0.3, -0.25) is 4.79 Å². The smallest absolute Gasteiger partial charge is 0.342 e. The second-order valence-corrected chi connectivity index (χ2v) is 5.91. The van der Waals surface area contributed by atoms with Crippen molar-refractivity contribution in [1.82, 2.24) is 4.90 Å². The molecular formula is C14H22F3NO. The first-order chi connectivity index (χ1) is 8.97. The van der Waals surface area contributed by atoms with Gasteiger partial charge in [-0.25, -0.2) is 0 Å². The van der Waals surface area contributed by atoms with Gasteiger partial charge in [0, 0.05) is 19.5 Å². The van der Waals surface area contributed by atoms with Gasteiger partial charge in [0.15, 0.2) is 0 Å². The van der Waals surface area contributed by atoms with Gasteiger partial charge in [0.2, 0.25) is 5.91 Å². The van der Waals surface area contributed by atoms with Gasteiger partial charge < -0.3 is 4.90 Å². The summed E-state index contributed by atoms with van der Waals surface area (Å²) in [6.45, 7) is 0.364. The molecule has 2 fully saturated rings. The summed E-state index contributed by atoms with van der Waals surface area (Å²) < 4.78 is 38.0. The van der Waals surface area contributed by atoms with Gasteiger partial charge in [-0.15, -0.1) is 0 Å². The SMILES string of the molecule is O=C(CCC1CCCC1)N1CCC[C@H](C(F)(F)F)C1. The molecule has 0 aromatic rings. The van der Waals surface area contributed by atoms with E-state index >= 15 is 0 Å². The molecular weight excluding hydrogens is 255 g/mol. The second kappa shape index (κ2) is 6.14. The van der Waals surface area contributed by atoms with Crippen LogP contribution in [-0.2, 0) is 4.79 Å². The predicted octanol–water partition coefficient (Wildman–Crippen LogP) is 3.76. The lowest BCUT2D eigenvalue weighted by atomic mass is 9.96. The highest BCUT2D eigenvalue weighted by Gasteiger charge is 2.42. The maximum atomic E-state index is 12.7. The van der Waals surface area contributed by atoms with E-state index in [0.29, 0.717) is 25.3 Å². The van der Waals surface area contributed by atoms with Gasteiger partial charge in [-0.1, -0.05) is 25.7 Å². The average molecular weight is 277 g/mol. The van der Waals surface area contributed by atoms with E-state index in [-0.39, 0.29) is 18.9 Å². The number of piperidine rings is 1. The van der Waals surface area contributed by atoms with Crippen LogP contribution in [0.5, 0.6) is 0 Å². The fourth-order valence-corrected chi connectivity index (χ4v) is 3.26. The number of alkyl halides is 3. The molecule has 1 aliphatic carbocycles. The summed E-state index contributed by atoms with van der Waals surface area (Å²) in [5.74, 6) is -0.787. The number of nitrogens with zero attached hydrogens (tertiary/aromatic N) is 1. The van der Waals surface area contributed by atoms with Crippen molar-refractivity contribution in [2.45, 2.75) is 57.5 Å². The molecule has 0 spiro atoms. The maximum Gasteiger partial charge on any atom is 0.393 e. The maximum absolute atomic E-state index is 12.7. The number of likely N-dealkylation sites (tertiary alicyclic amines) is 1. The zero-order chi connectivity index (χ0) is 13.9. The molecule has 0 aromatic carbocycles. The Bertz CT molecular complexity index is 310. The van der Waals surface area contributed by atoms with Crippen molar-refractivity contribution in [3.63, 3.8) is 0 Å². The molecule has 2 nitrogen and oxygen atoms in total. The van der Waals surface area contributed by atoms with Crippen molar-refractivity contribution < 1.29 is 18.0 Å². The van der Waals surface area contributed by atoms with Crippen LogP contribution in [0.25, 0.3) is 0 Å². The molecule has 110 valence electrons. The highest BCUT2D eigenvalue weighted by molar-refractivity contribution is 5.76. The van der Waals surface area contributed by atoms with Crippen LogP contribution in [0, 0.1) is 11.8 Å². The van der Waals surface area contributed by atoms with E-state index < -0.39 is 12.1 Å². The number of amides is 1. The van der Waals surface area contributed by atoms with Crippen molar-refractivity contribution in [1.29, 1.82) is 0 Å². The summed E-state index contributed by atoms with van der Waals surface area (Å²) in [5, 5.41) is 0. The van der Waals surface area contributed by atoms with Crippen LogP contribution >= 0.6 is 0 Å². The van der Waals surface area contributed by atoms with E-state index in [1.807, 2.05) is 0 Å². The number of carbonyl (C=O) groups is 1. The first-order valence-corrected chi connectivity index (χ1v) is 7.31. The molecule has 0 aromatic heterocycles. The molecule has 0 unspecified atom stereocenters. The van der Waals surface area contributed by atoms with Crippen molar-refractivity contribution in [3.8, 4) is 0 Å². The lowest BCUT2D eigenvalue weighted by molar-refractivity contribution is -0.188. The Labute approximate surface area is 112 Å². The topological polar surface area (TPSA) is 20.3 Å². The average Bonchev–Trinajstić information content (AvgIpc) is 2.88. The van der Waals surface area contributed by atoms with Crippen molar-refractivity contribution in [2.75, 3.05) is 13.1 Å². The molecule has 2 aliphatic rings. The number of rotatable bonds is 3. The van der Waals surface area contributed by atoms with Gasteiger partial charge in [0.1, 0.15) is 0 Å². The second-order valence-electron chi connectivity index (χ2n) is 5.91. The Balaban J connectivity index is 1.78. The van der Waals surface area contributed by atoms with Gasteiger partial charge in [0.05, 0.1) is 5.92 Å². The normalized spacial score (nSPS) is 25.8. The molecule has 5 heteroatoms. The number of hydrogen-bond donors (Lipinski definition) is 0. The fraction of sp³-hybridized carbons (Fsp3) is 0.929. The summed E-state index contributed by atoms with van der Waals surface area (Å²) in [6, 6.07) is 0. The molecule has 0 bridgehead atoms. The minimum atomic E-state index is -4.16. The molecule has 1 saturated heterocycles. The van der Waals surface area contributed by atoms with Gasteiger partial charge in [0.25, 0.3) is 0 Å². The fourth-order valence-electron chi connectivity index (χ4n) is 3.26. The lowest BCUT2D eigenvalue weighted by Crippen LogP contribution is -2.44. The van der Waals surface area contributed by atoms with Crippen LogP contribution in [0.1, 0.15) is 51.4 Å². The zero-order valence-corrected chi connectivity index (χ0v) is 11.2. The zero-order valence-electron chi connectivity index (χ0n) is 11.2. The van der Waals surface area contributed by atoms with E-state index in [4.69, 9.17) is 0 Å². The number of carbonyl (C=O) groups excluding carboxylic acids is 1. The monoisotopic (exact) mass is 277 g/mol. The molecule has 1 heterocycles. The molecule has 1 amide bonds. The van der Waals surface area contributed by atoms with Crippen LogP contribution in [-0.4, -0.2) is 30.1 Å². The molecule has 1 aliphatic heterocycles. The Hall–Kier alpha value is -0.740. The van der Waals surface area contributed by atoms with Crippen LogP contribution in [0.15, 0.2) is 0 Å². The van der Waals surface area contributed by atoms with Gasteiger partial charge in [-0.05, 0) is 25.2 Å². The largest absolute Gasteiger partial charge is 0.393 e. The summed E-state index contributed by atoms with van der Waals surface area (Å²) in [4.78, 5) is 13.4. The van der Waals surface area contributed by atoms with E-state index in [0.717, 1.165) is 6.42 Å². The lowest BCUT2D eigenvalue weighted by Gasteiger charge is -2.34. The minimum absolute atomic E-state index is 0.0825. The molecule has 2 rings (SSSR count). The van der Waals surface area contributed by atoms with Crippen molar-refractivity contribution >= 4 is 5.91 Å². The van der Waals surface area contributed by atoms with Crippen LogP contribution in [0.4, 0.5) is 13.2 Å². The van der Waals surface area contributed by atoms with E-state index in [1.54, 1.807) is 0 Å². The predicted molar refractivity (Wildman–Crippen MR) is 66.6 cm³/mol. The molecule has 1 atom stereocenters. The van der Waals surface area contributed by atoms with Crippen LogP contribution in [0.3, 0.4) is 0 Å². The number of hydrogen-bond acceptors (Lipinski definition) is 1. The Kier molecular flexibility index (Phi) is 4.74. The Morgan fingerprint density at radius 2 is 1.79 bits per heavy atom. The van der Waals surface area contributed by atoms with Crippen molar-refractivity contribution in [2.24, 2.45) is 11.8 Å². The summed E-state index contributed by atoms with van der Waals surface area (Å²) >= 11 is 0. The Morgan fingerprint density at radius 3 is 2.42 bits per heavy atom. The summed E-state index contributed by atoms with van der Waals surface area (Å²) in [7, 11) is 0. The molecule has 1 saturated carbocycles. The first-order valence-electron chi connectivity index (χ1n) is 7.31. The van der Waals surface area contributed by atoms with Gasteiger partial charge in [-0.2, -0.15) is 13.2 Å². The molecule has 19 heavy (non-hydrogen) atoms. The summed E-state index contributed by atoms with van der Waals surface area (Å²) in [6.07, 6.45) is 2.58. The summed E-state index contributed by atoms with van der Waals surface area (Å²) in [5.41, 5.74) is 0. The van der Waals surface area contributed by atoms with Crippen LogP contribution < -0.4 is 0 Å². The van der Waals surface area contributed by atoms with Crippen molar-refractivity contribution in [3.05, 3.63) is 0 Å². The number of halogens is 3. The third kappa shape index (κ3) is 4.11. The van der Waals surface area contributed by atoms with E-state index in [1.165, 1.54) is 30.6 Å². The highest BCUT2D eigenvalue weighted by atomic mass is 19.4. The third-order valence-corrected chi connectivity index (χ3v) is 4.48. The quantitative estimate of drug-likeness (QED) is 0.769. The highest BCUT2D eigenvalue weighted by Crippen LogP contribution is 2.34. The van der Waals surface area contributed by atoms with Crippen LogP contribution in [0.2, 0.25) is 0 Å². The standard InChI is InChI=1S/C14H22F3NO/c15-14(16,17)12-6-3-9-18(10-12)13(19)8-7-11-4-1-2-5-11/h11-12H,1-10H2/t12-/m0/s1. The third-order valence-electron chi connectivity index (χ3n) is 4.48. The molecule has 0 N–H and O–H groups in total.